The first-order valence-corrected chi connectivity index (χ1v) is 9.87. The quantitative estimate of drug-likeness (QED) is 0.922. The van der Waals surface area contributed by atoms with E-state index in [-0.39, 0.29) is 5.91 Å². The number of hydrogen-bond acceptors (Lipinski definition) is 3. The van der Waals surface area contributed by atoms with E-state index in [1.54, 1.807) is 11.3 Å². The van der Waals surface area contributed by atoms with Crippen LogP contribution in [0.4, 0.5) is 0 Å². The van der Waals surface area contributed by atoms with Crippen molar-refractivity contribution < 1.29 is 4.79 Å². The monoisotopic (exact) mass is 332 g/mol. The highest BCUT2D eigenvalue weighted by atomic mass is 32.2. The van der Waals surface area contributed by atoms with Gasteiger partial charge in [-0.1, -0.05) is 0 Å². The first kappa shape index (κ1) is 14.4. The number of carbonyl (C=O) groups excluding carboxylic acids is 1. The SMILES string of the molecule is C[C@H](NC(=O)c1c(-n2cccc2)sc2c1CCSC2)C1CC1. The average Bonchev–Trinajstić information content (AvgIpc) is 3.10. The summed E-state index contributed by atoms with van der Waals surface area (Å²) in [5.74, 6) is 2.96. The van der Waals surface area contributed by atoms with Crippen molar-refractivity contribution in [2.75, 3.05) is 5.75 Å². The van der Waals surface area contributed by atoms with Crippen molar-refractivity contribution in [2.24, 2.45) is 5.92 Å². The molecule has 22 heavy (non-hydrogen) atoms. The summed E-state index contributed by atoms with van der Waals surface area (Å²) < 4.78 is 2.09. The molecule has 1 N–H and O–H groups in total. The zero-order chi connectivity index (χ0) is 15.1. The summed E-state index contributed by atoms with van der Waals surface area (Å²) in [7, 11) is 0. The van der Waals surface area contributed by atoms with Crippen molar-refractivity contribution in [3.05, 3.63) is 40.5 Å². The second-order valence-electron chi connectivity index (χ2n) is 6.18. The van der Waals surface area contributed by atoms with Crippen molar-refractivity contribution in [2.45, 2.75) is 38.0 Å². The van der Waals surface area contributed by atoms with E-state index in [2.05, 4.69) is 16.8 Å². The Hall–Kier alpha value is -1.20. The first-order chi connectivity index (χ1) is 10.7. The Labute approximate surface area is 139 Å². The van der Waals surface area contributed by atoms with E-state index in [0.717, 1.165) is 28.5 Å². The minimum Gasteiger partial charge on any atom is -0.349 e. The molecule has 1 saturated carbocycles. The molecular formula is C17H20N2OS2. The number of fused-ring (bicyclic) bond motifs is 1. The Morgan fingerprint density at radius 2 is 2.14 bits per heavy atom. The molecule has 1 atom stereocenters. The number of thiophene rings is 1. The Morgan fingerprint density at radius 1 is 1.36 bits per heavy atom. The van der Waals surface area contributed by atoms with Crippen LogP contribution in [0.3, 0.4) is 0 Å². The molecular weight excluding hydrogens is 312 g/mol. The largest absolute Gasteiger partial charge is 0.349 e. The van der Waals surface area contributed by atoms with Gasteiger partial charge in [-0.3, -0.25) is 4.79 Å². The average molecular weight is 332 g/mol. The third-order valence-corrected chi connectivity index (χ3v) is 6.97. The van der Waals surface area contributed by atoms with Gasteiger partial charge in [0.15, 0.2) is 0 Å². The Morgan fingerprint density at radius 3 is 2.86 bits per heavy atom. The number of nitrogens with one attached hydrogen (secondary N) is 1. The molecule has 0 spiro atoms. The number of carbonyl (C=O) groups is 1. The molecule has 0 aromatic carbocycles. The van der Waals surface area contributed by atoms with Gasteiger partial charge in [0.25, 0.3) is 5.91 Å². The highest BCUT2D eigenvalue weighted by Crippen LogP contribution is 2.39. The molecule has 0 unspecified atom stereocenters. The fourth-order valence-electron chi connectivity index (χ4n) is 3.10. The van der Waals surface area contributed by atoms with Crippen molar-refractivity contribution >= 4 is 29.0 Å². The van der Waals surface area contributed by atoms with Gasteiger partial charge >= 0.3 is 0 Å². The lowest BCUT2D eigenvalue weighted by Gasteiger charge is -2.16. The highest BCUT2D eigenvalue weighted by molar-refractivity contribution is 7.98. The Bertz CT molecular complexity index is 686. The first-order valence-electron chi connectivity index (χ1n) is 7.90. The molecule has 4 rings (SSSR count). The van der Waals surface area contributed by atoms with Crippen molar-refractivity contribution in [1.82, 2.24) is 9.88 Å². The second-order valence-corrected chi connectivity index (χ2v) is 8.37. The lowest BCUT2D eigenvalue weighted by Crippen LogP contribution is -2.35. The maximum absolute atomic E-state index is 12.9. The van der Waals surface area contributed by atoms with Crippen LogP contribution >= 0.6 is 23.1 Å². The fraction of sp³-hybridized carbons (Fsp3) is 0.471. The summed E-state index contributed by atoms with van der Waals surface area (Å²) in [4.78, 5) is 14.3. The second kappa shape index (κ2) is 5.78. The minimum absolute atomic E-state index is 0.118. The summed E-state index contributed by atoms with van der Waals surface area (Å²) in [6.45, 7) is 2.14. The van der Waals surface area contributed by atoms with Gasteiger partial charge in [-0.2, -0.15) is 11.8 Å². The molecule has 116 valence electrons. The van der Waals surface area contributed by atoms with Crippen LogP contribution in [0.25, 0.3) is 5.00 Å². The summed E-state index contributed by atoms with van der Waals surface area (Å²) in [6.07, 6.45) is 7.59. The topological polar surface area (TPSA) is 34.0 Å². The van der Waals surface area contributed by atoms with Crippen LogP contribution in [-0.2, 0) is 12.2 Å². The standard InChI is InChI=1S/C17H20N2OS2/c1-11(12-4-5-12)18-16(20)15-13-6-9-21-10-14(13)22-17(15)19-7-2-3-8-19/h2-3,7-8,11-12H,4-6,9-10H2,1H3,(H,18,20)/t11-/m0/s1. The molecule has 5 heteroatoms. The van der Waals surface area contributed by atoms with Gasteiger partial charge in [-0.25, -0.2) is 0 Å². The van der Waals surface area contributed by atoms with Crippen LogP contribution in [-0.4, -0.2) is 22.3 Å². The summed E-state index contributed by atoms with van der Waals surface area (Å²) >= 11 is 3.75. The number of hydrogen-bond donors (Lipinski definition) is 1. The molecule has 3 heterocycles. The predicted molar refractivity (Wildman–Crippen MR) is 93.2 cm³/mol. The normalized spacial score (nSPS) is 18.8. The van der Waals surface area contributed by atoms with E-state index in [0.29, 0.717) is 12.0 Å². The third kappa shape index (κ3) is 2.61. The zero-order valence-electron chi connectivity index (χ0n) is 12.7. The van der Waals surface area contributed by atoms with Crippen LogP contribution < -0.4 is 5.32 Å². The molecule has 2 aliphatic rings. The highest BCUT2D eigenvalue weighted by Gasteiger charge is 2.32. The predicted octanol–water partition coefficient (Wildman–Crippen LogP) is 3.86. The van der Waals surface area contributed by atoms with Crippen LogP contribution in [0.15, 0.2) is 24.5 Å². The zero-order valence-corrected chi connectivity index (χ0v) is 14.3. The van der Waals surface area contributed by atoms with Gasteiger partial charge in [0, 0.05) is 29.1 Å². The van der Waals surface area contributed by atoms with Crippen LogP contribution in [0.2, 0.25) is 0 Å². The van der Waals surface area contributed by atoms with Gasteiger partial charge in [-0.15, -0.1) is 11.3 Å². The van der Waals surface area contributed by atoms with Crippen LogP contribution in [0.5, 0.6) is 0 Å². The van der Waals surface area contributed by atoms with Gasteiger partial charge in [0.2, 0.25) is 0 Å². The van der Waals surface area contributed by atoms with E-state index < -0.39 is 0 Å². The molecule has 1 aliphatic heterocycles. The number of rotatable bonds is 4. The fourth-order valence-corrected chi connectivity index (χ4v) is 5.54. The van der Waals surface area contributed by atoms with Crippen molar-refractivity contribution in [3.8, 4) is 5.00 Å². The van der Waals surface area contributed by atoms with Crippen LogP contribution in [0.1, 0.15) is 40.6 Å². The molecule has 0 bridgehead atoms. The van der Waals surface area contributed by atoms with E-state index in [1.807, 2.05) is 36.3 Å². The Balaban J connectivity index is 1.72. The number of nitrogens with zero attached hydrogens (tertiary/aromatic N) is 1. The maximum atomic E-state index is 12.9. The van der Waals surface area contributed by atoms with Gasteiger partial charge < -0.3 is 9.88 Å². The molecule has 0 saturated heterocycles. The molecule has 2 aromatic heterocycles. The molecule has 1 fully saturated rings. The minimum atomic E-state index is 0.118. The molecule has 2 aromatic rings. The van der Waals surface area contributed by atoms with Crippen molar-refractivity contribution in [1.29, 1.82) is 0 Å². The number of thioether (sulfide) groups is 1. The molecule has 1 amide bonds. The van der Waals surface area contributed by atoms with Gasteiger partial charge in [-0.05, 0) is 55.6 Å². The van der Waals surface area contributed by atoms with Gasteiger partial charge in [0.05, 0.1) is 5.56 Å². The third-order valence-electron chi connectivity index (χ3n) is 4.56. The maximum Gasteiger partial charge on any atom is 0.254 e. The van der Waals surface area contributed by atoms with Gasteiger partial charge in [0.1, 0.15) is 5.00 Å². The smallest absolute Gasteiger partial charge is 0.254 e. The Kier molecular flexibility index (Phi) is 3.78. The summed E-state index contributed by atoms with van der Waals surface area (Å²) in [5, 5.41) is 4.33. The molecule has 1 aliphatic carbocycles. The number of aromatic nitrogens is 1. The van der Waals surface area contributed by atoms with Crippen molar-refractivity contribution in [3.63, 3.8) is 0 Å². The number of amides is 1. The van der Waals surface area contributed by atoms with E-state index in [4.69, 9.17) is 0 Å². The lowest BCUT2D eigenvalue weighted by molar-refractivity contribution is 0.0935. The van der Waals surface area contributed by atoms with Crippen LogP contribution in [0, 0.1) is 5.92 Å². The summed E-state index contributed by atoms with van der Waals surface area (Å²) in [6, 6.07) is 4.32. The van der Waals surface area contributed by atoms with E-state index in [9.17, 15) is 4.79 Å². The molecule has 3 nitrogen and oxygen atoms in total. The van der Waals surface area contributed by atoms with E-state index >= 15 is 0 Å². The van der Waals surface area contributed by atoms with E-state index in [1.165, 1.54) is 23.3 Å². The lowest BCUT2D eigenvalue weighted by atomic mass is 10.1. The molecule has 0 radical (unpaired) electrons. The summed E-state index contributed by atoms with van der Waals surface area (Å²) in [5.41, 5.74) is 2.21.